The molecule has 3 rings (SSSR count). The molecule has 0 N–H and O–H groups in total. The summed E-state index contributed by atoms with van der Waals surface area (Å²) in [4.78, 5) is 28.5. The first-order valence-electron chi connectivity index (χ1n) is 11.4. The van der Waals surface area contributed by atoms with Crippen LogP contribution in [-0.2, 0) is 26.0 Å². The quantitative estimate of drug-likeness (QED) is 0.380. The van der Waals surface area contributed by atoms with Gasteiger partial charge in [-0.25, -0.2) is 4.90 Å². The van der Waals surface area contributed by atoms with Crippen LogP contribution in [0.25, 0.3) is 0 Å². The molecule has 13 heteroatoms. The molecule has 196 valence electrons. The molecule has 2 amide bonds. The molecule has 1 saturated heterocycles. The Morgan fingerprint density at radius 1 is 1.06 bits per heavy atom. The minimum atomic E-state index is -4.81. The van der Waals surface area contributed by atoms with E-state index in [1.807, 2.05) is 0 Å². The van der Waals surface area contributed by atoms with Gasteiger partial charge in [0.25, 0.3) is 22.0 Å². The molecular formula is C23H28F3N5O4S. The third kappa shape index (κ3) is 5.62. The number of anilines is 1. The van der Waals surface area contributed by atoms with Crippen molar-refractivity contribution in [3.05, 3.63) is 40.5 Å². The highest BCUT2D eigenvalue weighted by Gasteiger charge is 2.39. The van der Waals surface area contributed by atoms with Crippen molar-refractivity contribution in [2.75, 3.05) is 51.7 Å². The van der Waals surface area contributed by atoms with E-state index >= 15 is 0 Å². The molecule has 0 unspecified atom stereocenters. The maximum Gasteiger partial charge on any atom is 0.417 e. The first-order valence-corrected chi connectivity index (χ1v) is 12.8. The Balaban J connectivity index is 1.58. The molecule has 2 heterocycles. The lowest BCUT2D eigenvalue weighted by molar-refractivity contribution is -0.138. The number of carbonyl (C=O) groups excluding carboxylic acids is 2. The standard InChI is InChI=1S/C23H28F3N5O4S/c1-16-19(6-4-5-9-29-10-12-30(13-11-29)36(34,35)28(2)3)22(33)31(21(16)32)18-8-7-17(15-27)20(14-18)23(24,25)26/h7-8,14H,4-6,9-13H2,1-3H3. The van der Waals surface area contributed by atoms with Crippen molar-refractivity contribution in [1.29, 1.82) is 5.26 Å². The van der Waals surface area contributed by atoms with E-state index in [0.717, 1.165) is 17.0 Å². The monoisotopic (exact) mass is 527 g/mol. The number of benzene rings is 1. The summed E-state index contributed by atoms with van der Waals surface area (Å²) in [6, 6.07) is 4.25. The van der Waals surface area contributed by atoms with Crippen molar-refractivity contribution < 1.29 is 31.2 Å². The Morgan fingerprint density at radius 2 is 1.69 bits per heavy atom. The van der Waals surface area contributed by atoms with Crippen LogP contribution in [0.15, 0.2) is 29.3 Å². The number of hydrogen-bond acceptors (Lipinski definition) is 6. The highest BCUT2D eigenvalue weighted by molar-refractivity contribution is 7.86. The normalized spacial score (nSPS) is 18.4. The van der Waals surface area contributed by atoms with Gasteiger partial charge >= 0.3 is 6.18 Å². The Bertz CT molecular complexity index is 1210. The molecule has 1 aromatic carbocycles. The van der Waals surface area contributed by atoms with Crippen LogP contribution in [0.2, 0.25) is 0 Å². The molecular weight excluding hydrogens is 499 g/mol. The van der Waals surface area contributed by atoms with E-state index in [9.17, 15) is 31.2 Å². The number of unbranched alkanes of at least 4 members (excludes halogenated alkanes) is 1. The smallest absolute Gasteiger partial charge is 0.301 e. The summed E-state index contributed by atoms with van der Waals surface area (Å²) in [5, 5.41) is 8.97. The van der Waals surface area contributed by atoms with Crippen LogP contribution >= 0.6 is 0 Å². The van der Waals surface area contributed by atoms with Crippen LogP contribution in [0, 0.1) is 11.3 Å². The molecule has 2 aliphatic heterocycles. The first kappa shape index (κ1) is 27.8. The van der Waals surface area contributed by atoms with Crippen LogP contribution in [0.3, 0.4) is 0 Å². The van der Waals surface area contributed by atoms with Crippen molar-refractivity contribution in [3.63, 3.8) is 0 Å². The van der Waals surface area contributed by atoms with Gasteiger partial charge in [-0.1, -0.05) is 0 Å². The molecule has 1 fully saturated rings. The number of piperazine rings is 1. The van der Waals surface area contributed by atoms with Gasteiger partial charge in [0.05, 0.1) is 22.9 Å². The molecule has 36 heavy (non-hydrogen) atoms. The number of nitriles is 1. The molecule has 0 bridgehead atoms. The van der Waals surface area contributed by atoms with Gasteiger partial charge in [0.15, 0.2) is 0 Å². The number of imide groups is 1. The molecule has 0 radical (unpaired) electrons. The molecule has 9 nitrogen and oxygen atoms in total. The number of alkyl halides is 3. The zero-order valence-corrected chi connectivity index (χ0v) is 21.1. The summed E-state index contributed by atoms with van der Waals surface area (Å²) in [7, 11) is -0.456. The van der Waals surface area contributed by atoms with Crippen LogP contribution < -0.4 is 4.90 Å². The second-order valence-electron chi connectivity index (χ2n) is 8.88. The SMILES string of the molecule is CC1=C(CCCCN2CCN(S(=O)(=O)N(C)C)CC2)C(=O)N(c2ccc(C#N)c(C(F)(F)F)c2)C1=O. The molecule has 0 aromatic heterocycles. The molecule has 0 atom stereocenters. The van der Waals surface area contributed by atoms with E-state index in [2.05, 4.69) is 4.90 Å². The topological polar surface area (TPSA) is 105 Å². The van der Waals surface area contributed by atoms with Crippen molar-refractivity contribution in [2.24, 2.45) is 0 Å². The lowest BCUT2D eigenvalue weighted by atomic mass is 10.0. The largest absolute Gasteiger partial charge is 0.417 e. The Morgan fingerprint density at radius 3 is 2.25 bits per heavy atom. The van der Waals surface area contributed by atoms with E-state index in [0.29, 0.717) is 58.1 Å². The van der Waals surface area contributed by atoms with E-state index in [-0.39, 0.29) is 16.8 Å². The van der Waals surface area contributed by atoms with Crippen molar-refractivity contribution >= 4 is 27.7 Å². The highest BCUT2D eigenvalue weighted by atomic mass is 32.2. The molecule has 2 aliphatic rings. The van der Waals surface area contributed by atoms with Gasteiger partial charge in [0, 0.05) is 51.4 Å². The summed E-state index contributed by atoms with van der Waals surface area (Å²) in [5.74, 6) is -1.33. The number of carbonyl (C=O) groups is 2. The maximum absolute atomic E-state index is 13.3. The summed E-state index contributed by atoms with van der Waals surface area (Å²) in [6.07, 6.45) is -3.23. The van der Waals surface area contributed by atoms with E-state index < -0.39 is 39.3 Å². The zero-order valence-electron chi connectivity index (χ0n) is 20.3. The van der Waals surface area contributed by atoms with Gasteiger partial charge in [-0.2, -0.15) is 35.5 Å². The van der Waals surface area contributed by atoms with Gasteiger partial charge in [-0.15, -0.1) is 0 Å². The van der Waals surface area contributed by atoms with Crippen LogP contribution in [0.5, 0.6) is 0 Å². The van der Waals surface area contributed by atoms with Crippen molar-refractivity contribution in [2.45, 2.75) is 32.4 Å². The van der Waals surface area contributed by atoms with Gasteiger partial charge in [0.2, 0.25) is 0 Å². The number of hydrogen-bond donors (Lipinski definition) is 0. The fraction of sp³-hybridized carbons (Fsp3) is 0.522. The predicted molar refractivity (Wildman–Crippen MR) is 126 cm³/mol. The van der Waals surface area contributed by atoms with Crippen LogP contribution in [0.1, 0.15) is 37.3 Å². The summed E-state index contributed by atoms with van der Waals surface area (Å²) in [6.45, 7) is 4.11. The lowest BCUT2D eigenvalue weighted by Gasteiger charge is -2.35. The summed E-state index contributed by atoms with van der Waals surface area (Å²) in [5.41, 5.74) is -1.56. The summed E-state index contributed by atoms with van der Waals surface area (Å²) < 4.78 is 67.0. The zero-order chi connectivity index (χ0) is 26.8. The number of rotatable bonds is 8. The third-order valence-electron chi connectivity index (χ3n) is 6.40. The average molecular weight is 528 g/mol. The maximum atomic E-state index is 13.3. The number of halogens is 3. The van der Waals surface area contributed by atoms with E-state index in [4.69, 9.17) is 5.26 Å². The van der Waals surface area contributed by atoms with Gasteiger partial charge < -0.3 is 4.90 Å². The minimum Gasteiger partial charge on any atom is -0.301 e. The predicted octanol–water partition coefficient (Wildman–Crippen LogP) is 2.36. The molecule has 1 aromatic rings. The number of nitrogens with zero attached hydrogens (tertiary/aromatic N) is 5. The second kappa shape index (κ2) is 10.7. The van der Waals surface area contributed by atoms with Crippen molar-refractivity contribution in [1.82, 2.24) is 13.5 Å². The second-order valence-corrected chi connectivity index (χ2v) is 11.0. The Hall–Kier alpha value is -2.79. The van der Waals surface area contributed by atoms with Crippen molar-refractivity contribution in [3.8, 4) is 6.07 Å². The van der Waals surface area contributed by atoms with Gasteiger partial charge in [-0.3, -0.25) is 9.59 Å². The molecule has 0 spiro atoms. The average Bonchev–Trinajstić information content (AvgIpc) is 3.03. The minimum absolute atomic E-state index is 0.195. The third-order valence-corrected chi connectivity index (χ3v) is 8.34. The van der Waals surface area contributed by atoms with E-state index in [1.165, 1.54) is 35.7 Å². The Labute approximate surface area is 208 Å². The first-order chi connectivity index (χ1) is 16.8. The van der Waals surface area contributed by atoms with Crippen LogP contribution in [0.4, 0.5) is 18.9 Å². The van der Waals surface area contributed by atoms with Gasteiger partial charge in [0.1, 0.15) is 0 Å². The fourth-order valence-electron chi connectivity index (χ4n) is 4.27. The molecule has 0 aliphatic carbocycles. The fourth-order valence-corrected chi connectivity index (χ4v) is 5.36. The van der Waals surface area contributed by atoms with Crippen LogP contribution in [-0.4, -0.2) is 80.6 Å². The molecule has 0 saturated carbocycles. The van der Waals surface area contributed by atoms with Gasteiger partial charge in [-0.05, 0) is 50.9 Å². The number of amides is 2. The summed E-state index contributed by atoms with van der Waals surface area (Å²) >= 11 is 0. The highest BCUT2D eigenvalue weighted by Crippen LogP contribution is 2.36. The van der Waals surface area contributed by atoms with E-state index in [1.54, 1.807) is 0 Å². The Kier molecular flexibility index (Phi) is 8.24. The lowest BCUT2D eigenvalue weighted by Crippen LogP contribution is -2.51.